The van der Waals surface area contributed by atoms with E-state index in [0.29, 0.717) is 5.69 Å². The standard InChI is InChI=1S/C13H17Cl3N4O/c1-2-19-5-7-20(8-6-19)11-4-3-10(9-17-11)18-12(21)13(14,15)16/h3-4,9H,2,5-8H2,1H3,(H,18,21). The number of nitrogens with zero attached hydrogens (tertiary/aromatic N) is 3. The van der Waals surface area contributed by atoms with Gasteiger partial charge in [-0.3, -0.25) is 4.79 Å². The van der Waals surface area contributed by atoms with Gasteiger partial charge in [-0.15, -0.1) is 0 Å². The van der Waals surface area contributed by atoms with Gasteiger partial charge in [-0.25, -0.2) is 4.98 Å². The van der Waals surface area contributed by atoms with Gasteiger partial charge in [-0.2, -0.15) is 0 Å². The number of nitrogens with one attached hydrogen (secondary N) is 1. The average molecular weight is 352 g/mol. The fourth-order valence-electron chi connectivity index (χ4n) is 2.14. The van der Waals surface area contributed by atoms with Gasteiger partial charge in [0.15, 0.2) is 0 Å². The smallest absolute Gasteiger partial charge is 0.276 e. The van der Waals surface area contributed by atoms with Crippen molar-refractivity contribution < 1.29 is 4.79 Å². The predicted molar refractivity (Wildman–Crippen MR) is 87.5 cm³/mol. The summed E-state index contributed by atoms with van der Waals surface area (Å²) in [4.78, 5) is 20.5. The van der Waals surface area contributed by atoms with E-state index >= 15 is 0 Å². The Balaban J connectivity index is 1.95. The molecule has 0 aliphatic carbocycles. The van der Waals surface area contributed by atoms with Crippen LogP contribution in [0.15, 0.2) is 18.3 Å². The number of likely N-dealkylation sites (N-methyl/N-ethyl adjacent to an activating group) is 1. The molecule has 0 aromatic carbocycles. The molecule has 0 saturated carbocycles. The van der Waals surface area contributed by atoms with Crippen molar-refractivity contribution in [2.45, 2.75) is 10.7 Å². The largest absolute Gasteiger partial charge is 0.354 e. The van der Waals surface area contributed by atoms with E-state index in [0.717, 1.165) is 38.5 Å². The van der Waals surface area contributed by atoms with Gasteiger partial charge in [0.2, 0.25) is 0 Å². The van der Waals surface area contributed by atoms with E-state index in [-0.39, 0.29) is 0 Å². The highest BCUT2D eigenvalue weighted by atomic mass is 35.6. The predicted octanol–water partition coefficient (Wildman–Crippen LogP) is 2.53. The molecular weight excluding hydrogens is 335 g/mol. The Bertz CT molecular complexity index is 481. The van der Waals surface area contributed by atoms with Crippen LogP contribution in [0, 0.1) is 0 Å². The van der Waals surface area contributed by atoms with E-state index in [1.165, 1.54) is 0 Å². The number of hydrogen-bond acceptors (Lipinski definition) is 4. The van der Waals surface area contributed by atoms with Crippen molar-refractivity contribution in [2.24, 2.45) is 0 Å². The number of amides is 1. The first-order chi connectivity index (χ1) is 9.90. The topological polar surface area (TPSA) is 48.5 Å². The summed E-state index contributed by atoms with van der Waals surface area (Å²) >= 11 is 16.5. The number of carbonyl (C=O) groups is 1. The molecule has 1 amide bonds. The van der Waals surface area contributed by atoms with Crippen LogP contribution in [0.5, 0.6) is 0 Å². The lowest BCUT2D eigenvalue weighted by molar-refractivity contribution is -0.115. The van der Waals surface area contributed by atoms with Crippen LogP contribution in [0.1, 0.15) is 6.92 Å². The van der Waals surface area contributed by atoms with Crippen LogP contribution >= 0.6 is 34.8 Å². The minimum Gasteiger partial charge on any atom is -0.354 e. The molecule has 0 spiro atoms. The molecule has 0 radical (unpaired) electrons. The van der Waals surface area contributed by atoms with Gasteiger partial charge in [0.1, 0.15) is 5.82 Å². The summed E-state index contributed by atoms with van der Waals surface area (Å²) in [5.41, 5.74) is 0.502. The molecule has 1 aliphatic heterocycles. The maximum absolute atomic E-state index is 11.5. The first kappa shape index (κ1) is 16.6. The zero-order valence-electron chi connectivity index (χ0n) is 11.7. The molecule has 0 atom stereocenters. The highest BCUT2D eigenvalue weighted by Crippen LogP contribution is 2.27. The van der Waals surface area contributed by atoms with Crippen molar-refractivity contribution in [3.8, 4) is 0 Å². The molecule has 116 valence electrons. The molecule has 1 aliphatic rings. The third kappa shape index (κ3) is 4.61. The third-order valence-corrected chi connectivity index (χ3v) is 3.92. The summed E-state index contributed by atoms with van der Waals surface area (Å²) in [7, 11) is 0. The van der Waals surface area contributed by atoms with Crippen LogP contribution in [0.3, 0.4) is 0 Å². The zero-order valence-corrected chi connectivity index (χ0v) is 13.9. The summed E-state index contributed by atoms with van der Waals surface area (Å²) in [6, 6.07) is 3.61. The number of carbonyl (C=O) groups excluding carboxylic acids is 1. The Morgan fingerprint density at radius 2 is 1.95 bits per heavy atom. The maximum Gasteiger partial charge on any atom is 0.276 e. The lowest BCUT2D eigenvalue weighted by Gasteiger charge is -2.34. The number of pyridine rings is 1. The number of rotatable bonds is 3. The molecule has 21 heavy (non-hydrogen) atoms. The minimum atomic E-state index is -1.98. The van der Waals surface area contributed by atoms with Crippen LogP contribution in [-0.4, -0.2) is 52.3 Å². The van der Waals surface area contributed by atoms with Crippen LogP contribution in [0.25, 0.3) is 0 Å². The van der Waals surface area contributed by atoms with Crippen molar-refractivity contribution in [3.05, 3.63) is 18.3 Å². The van der Waals surface area contributed by atoms with Gasteiger partial charge < -0.3 is 15.1 Å². The first-order valence-electron chi connectivity index (χ1n) is 6.71. The number of halogens is 3. The van der Waals surface area contributed by atoms with Crippen LogP contribution in [0.2, 0.25) is 0 Å². The number of anilines is 2. The van der Waals surface area contributed by atoms with E-state index in [1.807, 2.05) is 6.07 Å². The molecule has 2 rings (SSSR count). The minimum absolute atomic E-state index is 0.502. The second-order valence-electron chi connectivity index (χ2n) is 4.78. The summed E-state index contributed by atoms with van der Waals surface area (Å²) in [6.45, 7) is 7.19. The fraction of sp³-hybridized carbons (Fsp3) is 0.538. The molecule has 8 heteroatoms. The monoisotopic (exact) mass is 350 g/mol. The first-order valence-corrected chi connectivity index (χ1v) is 7.85. The molecule has 1 saturated heterocycles. The van der Waals surface area contributed by atoms with Crippen LogP contribution in [0.4, 0.5) is 11.5 Å². The van der Waals surface area contributed by atoms with E-state index in [2.05, 4.69) is 27.0 Å². The highest BCUT2D eigenvalue weighted by Gasteiger charge is 2.30. The Labute approximate surface area is 139 Å². The van der Waals surface area contributed by atoms with Crippen LogP contribution < -0.4 is 10.2 Å². The molecule has 1 N–H and O–H groups in total. The van der Waals surface area contributed by atoms with Gasteiger partial charge in [-0.05, 0) is 18.7 Å². The van der Waals surface area contributed by atoms with Crippen molar-refractivity contribution in [3.63, 3.8) is 0 Å². The van der Waals surface area contributed by atoms with Gasteiger partial charge in [0.25, 0.3) is 9.70 Å². The maximum atomic E-state index is 11.5. The number of alkyl halides is 3. The summed E-state index contributed by atoms with van der Waals surface area (Å²) < 4.78 is -1.98. The van der Waals surface area contributed by atoms with E-state index in [9.17, 15) is 4.79 Å². The van der Waals surface area contributed by atoms with E-state index in [4.69, 9.17) is 34.8 Å². The Morgan fingerprint density at radius 3 is 2.43 bits per heavy atom. The summed E-state index contributed by atoms with van der Waals surface area (Å²) in [5.74, 6) is 0.191. The van der Waals surface area contributed by atoms with Crippen molar-refractivity contribution in [2.75, 3.05) is 42.9 Å². The van der Waals surface area contributed by atoms with Gasteiger partial charge in [0, 0.05) is 26.2 Å². The highest BCUT2D eigenvalue weighted by molar-refractivity contribution is 6.76. The Kier molecular flexibility index (Phi) is 5.54. The second kappa shape index (κ2) is 7.01. The van der Waals surface area contributed by atoms with Crippen molar-refractivity contribution in [1.82, 2.24) is 9.88 Å². The lowest BCUT2D eigenvalue weighted by Crippen LogP contribution is -2.46. The molecule has 1 fully saturated rings. The number of hydrogen-bond donors (Lipinski definition) is 1. The molecule has 5 nitrogen and oxygen atoms in total. The van der Waals surface area contributed by atoms with Gasteiger partial charge in [-0.1, -0.05) is 41.7 Å². The Morgan fingerprint density at radius 1 is 1.29 bits per heavy atom. The fourth-order valence-corrected chi connectivity index (χ4v) is 2.28. The summed E-state index contributed by atoms with van der Waals surface area (Å²) in [5, 5.41) is 2.50. The average Bonchev–Trinajstić information content (AvgIpc) is 2.47. The molecule has 1 aromatic rings. The normalized spacial score (nSPS) is 16.9. The lowest BCUT2D eigenvalue weighted by atomic mass is 10.3. The zero-order chi connectivity index (χ0) is 15.5. The molecule has 0 bridgehead atoms. The van der Waals surface area contributed by atoms with Crippen molar-refractivity contribution in [1.29, 1.82) is 0 Å². The van der Waals surface area contributed by atoms with E-state index in [1.54, 1.807) is 12.3 Å². The Hall–Kier alpha value is -0.750. The molecule has 2 heterocycles. The number of aromatic nitrogens is 1. The van der Waals surface area contributed by atoms with Crippen LogP contribution in [-0.2, 0) is 4.79 Å². The molecule has 0 unspecified atom stereocenters. The van der Waals surface area contributed by atoms with Gasteiger partial charge >= 0.3 is 0 Å². The third-order valence-electron chi connectivity index (χ3n) is 3.41. The SMILES string of the molecule is CCN1CCN(c2ccc(NC(=O)C(Cl)(Cl)Cl)cn2)CC1. The van der Waals surface area contributed by atoms with Crippen molar-refractivity contribution >= 4 is 52.2 Å². The van der Waals surface area contributed by atoms with E-state index < -0.39 is 9.70 Å². The quantitative estimate of drug-likeness (QED) is 0.850. The summed E-state index contributed by atoms with van der Waals surface area (Å²) in [6.07, 6.45) is 1.57. The number of piperazine rings is 1. The van der Waals surface area contributed by atoms with Gasteiger partial charge in [0.05, 0.1) is 11.9 Å². The second-order valence-corrected chi connectivity index (χ2v) is 7.06. The molecule has 1 aromatic heterocycles. The molecular formula is C13H17Cl3N4O.